The summed E-state index contributed by atoms with van der Waals surface area (Å²) in [6, 6.07) is 0. The maximum atomic E-state index is 11.7. The fourth-order valence-electron chi connectivity index (χ4n) is 1.07. The smallest absolute Gasteiger partial charge is 0.240 e. The number of hydrogen-bond donors (Lipinski definition) is 2. The van der Waals surface area contributed by atoms with Gasteiger partial charge in [0.15, 0.2) is 0 Å². The Labute approximate surface area is 91.2 Å². The summed E-state index contributed by atoms with van der Waals surface area (Å²) in [4.78, 5) is 11.7. The van der Waals surface area contributed by atoms with Crippen LogP contribution >= 0.6 is 11.8 Å². The van der Waals surface area contributed by atoms with E-state index in [9.17, 15) is 4.79 Å². The SMILES string of the molecule is CCC(N)(CC)C(=O)NCC(C)SC. The van der Waals surface area contributed by atoms with Crippen LogP contribution in [0.15, 0.2) is 0 Å². The number of amides is 1. The highest BCUT2D eigenvalue weighted by atomic mass is 32.2. The van der Waals surface area contributed by atoms with Crippen LogP contribution < -0.4 is 11.1 Å². The molecule has 0 aromatic carbocycles. The first-order chi connectivity index (χ1) is 6.50. The molecule has 0 radical (unpaired) electrons. The van der Waals surface area contributed by atoms with Gasteiger partial charge in [0.2, 0.25) is 5.91 Å². The molecule has 3 nitrogen and oxygen atoms in total. The molecule has 0 aromatic rings. The van der Waals surface area contributed by atoms with E-state index in [2.05, 4.69) is 12.2 Å². The van der Waals surface area contributed by atoms with E-state index in [-0.39, 0.29) is 5.91 Å². The summed E-state index contributed by atoms with van der Waals surface area (Å²) < 4.78 is 0. The second kappa shape index (κ2) is 6.30. The van der Waals surface area contributed by atoms with Crippen molar-refractivity contribution in [3.8, 4) is 0 Å². The van der Waals surface area contributed by atoms with Crippen LogP contribution in [-0.4, -0.2) is 29.5 Å². The maximum absolute atomic E-state index is 11.7. The Kier molecular flexibility index (Phi) is 6.20. The molecule has 4 heteroatoms. The minimum absolute atomic E-state index is 0.0246. The fourth-order valence-corrected chi connectivity index (χ4v) is 1.32. The molecule has 1 unspecified atom stereocenters. The third-order valence-corrected chi connectivity index (χ3v) is 3.64. The zero-order valence-corrected chi connectivity index (χ0v) is 10.4. The van der Waals surface area contributed by atoms with Crippen molar-refractivity contribution in [3.63, 3.8) is 0 Å². The van der Waals surface area contributed by atoms with Gasteiger partial charge in [-0.2, -0.15) is 11.8 Å². The van der Waals surface area contributed by atoms with Gasteiger partial charge in [0.25, 0.3) is 0 Å². The van der Waals surface area contributed by atoms with Crippen molar-refractivity contribution in [1.82, 2.24) is 5.32 Å². The molecule has 0 aliphatic rings. The lowest BCUT2D eigenvalue weighted by Gasteiger charge is -2.25. The normalized spacial score (nSPS) is 13.8. The minimum atomic E-state index is -0.682. The monoisotopic (exact) mass is 218 g/mol. The lowest BCUT2D eigenvalue weighted by Crippen LogP contribution is -2.53. The Morgan fingerprint density at radius 2 is 2.00 bits per heavy atom. The molecule has 0 aliphatic heterocycles. The Bertz CT molecular complexity index is 181. The summed E-state index contributed by atoms with van der Waals surface area (Å²) in [6.07, 6.45) is 3.40. The Morgan fingerprint density at radius 3 is 2.36 bits per heavy atom. The molecule has 0 heterocycles. The van der Waals surface area contributed by atoms with Gasteiger partial charge >= 0.3 is 0 Å². The summed E-state index contributed by atoms with van der Waals surface area (Å²) in [5, 5.41) is 3.33. The molecule has 1 atom stereocenters. The number of carbonyl (C=O) groups is 1. The molecular formula is C10H22N2OS. The second-order valence-electron chi connectivity index (χ2n) is 3.62. The highest BCUT2D eigenvalue weighted by Crippen LogP contribution is 2.11. The van der Waals surface area contributed by atoms with Gasteiger partial charge in [-0.05, 0) is 19.1 Å². The molecule has 0 saturated carbocycles. The summed E-state index contributed by atoms with van der Waals surface area (Å²) in [6.45, 7) is 6.67. The fraction of sp³-hybridized carbons (Fsp3) is 0.900. The molecule has 0 spiro atoms. The Morgan fingerprint density at radius 1 is 1.50 bits per heavy atom. The number of nitrogens with one attached hydrogen (secondary N) is 1. The van der Waals surface area contributed by atoms with Gasteiger partial charge in [0, 0.05) is 11.8 Å². The molecule has 3 N–H and O–H groups in total. The van der Waals surface area contributed by atoms with Gasteiger partial charge in [-0.15, -0.1) is 0 Å². The summed E-state index contributed by atoms with van der Waals surface area (Å²) in [5.41, 5.74) is 5.27. The Balaban J connectivity index is 4.06. The van der Waals surface area contributed by atoms with Crippen molar-refractivity contribution >= 4 is 17.7 Å². The van der Waals surface area contributed by atoms with E-state index in [1.54, 1.807) is 11.8 Å². The van der Waals surface area contributed by atoms with Crippen molar-refractivity contribution in [2.75, 3.05) is 12.8 Å². The van der Waals surface area contributed by atoms with E-state index < -0.39 is 5.54 Å². The average molecular weight is 218 g/mol. The predicted molar refractivity (Wildman–Crippen MR) is 63.5 cm³/mol. The quantitative estimate of drug-likeness (QED) is 0.708. The zero-order valence-electron chi connectivity index (χ0n) is 9.59. The molecule has 0 rings (SSSR count). The van der Waals surface area contributed by atoms with E-state index in [1.165, 1.54) is 0 Å². The van der Waals surface area contributed by atoms with E-state index >= 15 is 0 Å². The topological polar surface area (TPSA) is 55.1 Å². The van der Waals surface area contributed by atoms with E-state index in [0.29, 0.717) is 24.6 Å². The van der Waals surface area contributed by atoms with Crippen LogP contribution in [0, 0.1) is 0 Å². The molecule has 0 fully saturated rings. The standard InChI is InChI=1S/C10H22N2OS/c1-5-10(11,6-2)9(13)12-7-8(3)14-4/h8H,5-7,11H2,1-4H3,(H,12,13). The first-order valence-electron chi connectivity index (χ1n) is 5.10. The molecule has 1 amide bonds. The van der Waals surface area contributed by atoms with Crippen LogP contribution in [0.4, 0.5) is 0 Å². The van der Waals surface area contributed by atoms with Crippen molar-refractivity contribution in [2.45, 2.75) is 44.4 Å². The predicted octanol–water partition coefficient (Wildman–Crippen LogP) is 1.37. The highest BCUT2D eigenvalue weighted by molar-refractivity contribution is 7.99. The lowest BCUT2D eigenvalue weighted by molar-refractivity contribution is -0.126. The van der Waals surface area contributed by atoms with Gasteiger partial charge in [-0.3, -0.25) is 4.79 Å². The van der Waals surface area contributed by atoms with E-state index in [0.717, 1.165) is 0 Å². The average Bonchev–Trinajstić information content (AvgIpc) is 2.23. The van der Waals surface area contributed by atoms with Crippen LogP contribution in [0.2, 0.25) is 0 Å². The molecule has 0 bridgehead atoms. The third-order valence-electron chi connectivity index (χ3n) is 2.67. The van der Waals surface area contributed by atoms with Crippen LogP contribution in [0.3, 0.4) is 0 Å². The summed E-state index contributed by atoms with van der Waals surface area (Å²) in [5.74, 6) is -0.0246. The van der Waals surface area contributed by atoms with Gasteiger partial charge in [0.05, 0.1) is 5.54 Å². The van der Waals surface area contributed by atoms with Crippen molar-refractivity contribution in [2.24, 2.45) is 5.73 Å². The summed E-state index contributed by atoms with van der Waals surface area (Å²) in [7, 11) is 0. The van der Waals surface area contributed by atoms with E-state index in [1.807, 2.05) is 20.1 Å². The van der Waals surface area contributed by atoms with Crippen molar-refractivity contribution in [1.29, 1.82) is 0 Å². The van der Waals surface area contributed by atoms with Crippen LogP contribution in [-0.2, 0) is 4.79 Å². The molecule has 0 aromatic heterocycles. The van der Waals surface area contributed by atoms with E-state index in [4.69, 9.17) is 5.73 Å². The maximum Gasteiger partial charge on any atom is 0.240 e. The van der Waals surface area contributed by atoms with Gasteiger partial charge in [-0.25, -0.2) is 0 Å². The number of nitrogens with two attached hydrogens (primary N) is 1. The van der Waals surface area contributed by atoms with Gasteiger partial charge < -0.3 is 11.1 Å². The highest BCUT2D eigenvalue weighted by Gasteiger charge is 2.29. The van der Waals surface area contributed by atoms with Gasteiger partial charge in [-0.1, -0.05) is 20.8 Å². The number of carbonyl (C=O) groups excluding carboxylic acids is 1. The third kappa shape index (κ3) is 3.88. The molecule has 84 valence electrons. The first kappa shape index (κ1) is 13.8. The van der Waals surface area contributed by atoms with Crippen molar-refractivity contribution in [3.05, 3.63) is 0 Å². The number of hydrogen-bond acceptors (Lipinski definition) is 3. The van der Waals surface area contributed by atoms with Crippen LogP contribution in [0.25, 0.3) is 0 Å². The van der Waals surface area contributed by atoms with Crippen LogP contribution in [0.5, 0.6) is 0 Å². The summed E-state index contributed by atoms with van der Waals surface area (Å²) >= 11 is 1.74. The zero-order chi connectivity index (χ0) is 11.2. The minimum Gasteiger partial charge on any atom is -0.353 e. The largest absolute Gasteiger partial charge is 0.353 e. The van der Waals surface area contributed by atoms with Gasteiger partial charge in [0.1, 0.15) is 0 Å². The first-order valence-corrected chi connectivity index (χ1v) is 6.39. The Hall–Kier alpha value is -0.220. The molecular weight excluding hydrogens is 196 g/mol. The second-order valence-corrected chi connectivity index (χ2v) is 4.90. The lowest BCUT2D eigenvalue weighted by atomic mass is 9.93. The van der Waals surface area contributed by atoms with Crippen molar-refractivity contribution < 1.29 is 4.79 Å². The molecule has 14 heavy (non-hydrogen) atoms. The molecule has 0 aliphatic carbocycles. The number of thioether (sulfide) groups is 1. The number of rotatable bonds is 6. The van der Waals surface area contributed by atoms with Crippen LogP contribution in [0.1, 0.15) is 33.6 Å². The molecule has 0 saturated heterocycles.